The van der Waals surface area contributed by atoms with Gasteiger partial charge in [0, 0.05) is 28.1 Å². The fourth-order valence-corrected chi connectivity index (χ4v) is 6.95. The normalized spacial score (nSPS) is 24.1. The van der Waals surface area contributed by atoms with Crippen molar-refractivity contribution in [2.24, 2.45) is 5.92 Å². The zero-order chi connectivity index (χ0) is 27.6. The minimum absolute atomic E-state index is 0.247. The van der Waals surface area contributed by atoms with E-state index in [2.05, 4.69) is 5.32 Å². The molecule has 0 aromatic heterocycles. The van der Waals surface area contributed by atoms with Crippen LogP contribution in [0, 0.1) is 11.7 Å². The van der Waals surface area contributed by atoms with Crippen molar-refractivity contribution >= 4 is 34.4 Å². The lowest BCUT2D eigenvalue weighted by Gasteiger charge is -2.39. The molecule has 6 heteroatoms. The highest BCUT2D eigenvalue weighted by atomic mass is 19.1. The predicted molar refractivity (Wildman–Crippen MR) is 152 cm³/mol. The summed E-state index contributed by atoms with van der Waals surface area (Å²) in [5, 5.41) is 3.03. The van der Waals surface area contributed by atoms with Gasteiger partial charge in [-0.15, -0.1) is 0 Å². The van der Waals surface area contributed by atoms with Gasteiger partial charge in [0.1, 0.15) is 17.3 Å². The Bertz CT molecular complexity index is 1730. The monoisotopic (exact) mass is 528 g/mol. The van der Waals surface area contributed by atoms with Gasteiger partial charge in [-0.1, -0.05) is 72.8 Å². The highest BCUT2D eigenvalue weighted by molar-refractivity contribution is 6.18. The molecule has 4 atom stereocenters. The van der Waals surface area contributed by atoms with Crippen LogP contribution in [0.15, 0.2) is 109 Å². The fourth-order valence-electron chi connectivity index (χ4n) is 6.95. The van der Waals surface area contributed by atoms with Crippen LogP contribution in [0.5, 0.6) is 0 Å². The molecule has 196 valence electrons. The number of nitrogens with zero attached hydrogens (tertiary/aromatic N) is 1. The van der Waals surface area contributed by atoms with E-state index in [1.165, 1.54) is 24.3 Å². The van der Waals surface area contributed by atoms with Crippen molar-refractivity contribution < 1.29 is 18.8 Å². The Morgan fingerprint density at radius 2 is 1.45 bits per heavy atom. The maximum atomic E-state index is 14.7. The molecule has 0 saturated carbocycles. The van der Waals surface area contributed by atoms with Crippen molar-refractivity contribution in [1.29, 1.82) is 0 Å². The Kier molecular flexibility index (Phi) is 5.36. The van der Waals surface area contributed by atoms with E-state index in [1.54, 1.807) is 24.3 Å². The molecular weight excluding hydrogens is 503 g/mol. The van der Waals surface area contributed by atoms with Crippen molar-refractivity contribution in [3.05, 3.63) is 137 Å². The molecule has 1 amide bonds. The van der Waals surface area contributed by atoms with Crippen molar-refractivity contribution in [2.75, 3.05) is 10.2 Å². The number of hydrogen-bond donors (Lipinski definition) is 1. The summed E-state index contributed by atoms with van der Waals surface area (Å²) in [5.41, 5.74) is 3.33. The van der Waals surface area contributed by atoms with E-state index in [0.717, 1.165) is 16.8 Å². The van der Waals surface area contributed by atoms with Gasteiger partial charge < -0.3 is 10.2 Å². The average Bonchev–Trinajstić information content (AvgIpc) is 3.45. The zero-order valence-corrected chi connectivity index (χ0v) is 21.7. The molecule has 0 unspecified atom stereocenters. The number of nitrogens with one attached hydrogen (secondary N) is 1. The quantitative estimate of drug-likeness (QED) is 0.327. The van der Waals surface area contributed by atoms with Gasteiger partial charge in [0.25, 0.3) is 0 Å². The van der Waals surface area contributed by atoms with Gasteiger partial charge in [-0.3, -0.25) is 14.4 Å². The van der Waals surface area contributed by atoms with Crippen LogP contribution in [0.4, 0.5) is 15.8 Å². The topological polar surface area (TPSA) is 66.5 Å². The summed E-state index contributed by atoms with van der Waals surface area (Å²) in [6.45, 7) is 1.99. The van der Waals surface area contributed by atoms with Gasteiger partial charge in [0.2, 0.25) is 5.91 Å². The molecule has 0 radical (unpaired) electrons. The molecule has 1 spiro atoms. The van der Waals surface area contributed by atoms with Gasteiger partial charge in [-0.25, -0.2) is 4.39 Å². The van der Waals surface area contributed by atoms with Crippen LogP contribution in [-0.2, 0) is 10.2 Å². The molecular formula is C34H25FN2O3. The predicted octanol–water partition coefficient (Wildman–Crippen LogP) is 6.07. The zero-order valence-electron chi connectivity index (χ0n) is 21.7. The van der Waals surface area contributed by atoms with Crippen LogP contribution in [0.1, 0.15) is 38.8 Å². The number of carbonyl (C=O) groups excluding carboxylic acids is 3. The van der Waals surface area contributed by atoms with Gasteiger partial charge >= 0.3 is 0 Å². The largest absolute Gasteiger partial charge is 0.352 e. The molecule has 1 fully saturated rings. The standard InChI is InChI=1S/C34H25FN2O3/c1-20-19-28-34(25-12-6-7-13-26(25)36-33(34)40)29(31(38)22-15-17-23(35)18-16-22)30(32(39)21-9-3-2-4-10-21)37(28)27-14-8-5-11-24(20)27/h2-19,28-30H,1H3,(H,36,40)/t28-,29-,30-,34+/m0/s1. The third-order valence-electron chi connectivity index (χ3n) is 8.62. The molecule has 4 aromatic rings. The van der Waals surface area contributed by atoms with Gasteiger partial charge in [-0.2, -0.15) is 0 Å². The highest BCUT2D eigenvalue weighted by Crippen LogP contribution is 2.58. The summed E-state index contributed by atoms with van der Waals surface area (Å²) in [6, 6.07) is 27.8. The lowest BCUT2D eigenvalue weighted by molar-refractivity contribution is -0.121. The number of Topliss-reactive ketones (excluding diaryl/α,β-unsaturated/α-hetero) is 2. The van der Waals surface area contributed by atoms with Crippen LogP contribution in [0.25, 0.3) is 5.57 Å². The van der Waals surface area contributed by atoms with E-state index in [4.69, 9.17) is 0 Å². The maximum absolute atomic E-state index is 14.7. The minimum atomic E-state index is -1.40. The number of ketones is 2. The van der Waals surface area contributed by atoms with E-state index in [0.29, 0.717) is 16.8 Å². The molecule has 0 bridgehead atoms. The first-order valence-electron chi connectivity index (χ1n) is 13.3. The molecule has 7 rings (SSSR count). The fraction of sp³-hybridized carbons (Fsp3) is 0.147. The van der Waals surface area contributed by atoms with Gasteiger partial charge in [0.15, 0.2) is 11.6 Å². The van der Waals surface area contributed by atoms with E-state index in [9.17, 15) is 18.8 Å². The summed E-state index contributed by atoms with van der Waals surface area (Å²) in [6.07, 6.45) is 2.02. The third kappa shape index (κ3) is 3.22. The number of para-hydroxylation sites is 2. The number of amides is 1. The second kappa shape index (κ2) is 8.85. The molecule has 1 N–H and O–H groups in total. The number of fused-ring (bicyclic) bond motifs is 6. The molecule has 5 nitrogen and oxygen atoms in total. The number of anilines is 2. The lowest BCUT2D eigenvalue weighted by Crippen LogP contribution is -2.51. The molecule has 0 aliphatic carbocycles. The number of allylic oxidation sites excluding steroid dienone is 1. The second-order valence-electron chi connectivity index (χ2n) is 10.6. The van der Waals surface area contributed by atoms with Crippen LogP contribution >= 0.6 is 0 Å². The van der Waals surface area contributed by atoms with Crippen molar-refractivity contribution in [1.82, 2.24) is 0 Å². The van der Waals surface area contributed by atoms with Crippen molar-refractivity contribution in [3.8, 4) is 0 Å². The van der Waals surface area contributed by atoms with Crippen LogP contribution < -0.4 is 10.2 Å². The maximum Gasteiger partial charge on any atom is 0.238 e. The van der Waals surface area contributed by atoms with E-state index >= 15 is 0 Å². The molecule has 3 aliphatic rings. The summed E-state index contributed by atoms with van der Waals surface area (Å²) >= 11 is 0. The lowest BCUT2D eigenvalue weighted by atomic mass is 9.64. The molecule has 3 aliphatic heterocycles. The Morgan fingerprint density at radius 1 is 0.800 bits per heavy atom. The number of halogens is 1. The number of benzene rings is 4. The summed E-state index contributed by atoms with van der Waals surface area (Å²) in [4.78, 5) is 45.5. The molecule has 40 heavy (non-hydrogen) atoms. The third-order valence-corrected chi connectivity index (χ3v) is 8.62. The van der Waals surface area contributed by atoms with Crippen LogP contribution in [0.2, 0.25) is 0 Å². The molecule has 3 heterocycles. The Labute approximate surface area is 231 Å². The summed E-state index contributed by atoms with van der Waals surface area (Å²) < 4.78 is 13.9. The second-order valence-corrected chi connectivity index (χ2v) is 10.6. The SMILES string of the molecule is CC1=C[C@@H]2N(c3ccccc31)[C@H](C(=O)c1ccccc1)[C@@H](C(=O)c1ccc(F)cc1)[C@]21C(=O)Nc2ccccc21. The molecule has 1 saturated heterocycles. The number of rotatable bonds is 4. The van der Waals surface area contributed by atoms with E-state index in [1.807, 2.05) is 72.5 Å². The summed E-state index contributed by atoms with van der Waals surface area (Å²) in [7, 11) is 0. The van der Waals surface area contributed by atoms with E-state index < -0.39 is 29.2 Å². The first-order chi connectivity index (χ1) is 19.4. The molecule has 4 aromatic carbocycles. The Hall–Kier alpha value is -4.84. The van der Waals surface area contributed by atoms with Crippen LogP contribution in [0.3, 0.4) is 0 Å². The minimum Gasteiger partial charge on any atom is -0.352 e. The van der Waals surface area contributed by atoms with Crippen molar-refractivity contribution in [2.45, 2.75) is 24.4 Å². The Morgan fingerprint density at radius 3 is 2.23 bits per heavy atom. The van der Waals surface area contributed by atoms with E-state index in [-0.39, 0.29) is 23.0 Å². The smallest absolute Gasteiger partial charge is 0.238 e. The first-order valence-corrected chi connectivity index (χ1v) is 13.3. The first kappa shape index (κ1) is 24.2. The Balaban J connectivity index is 1.56. The van der Waals surface area contributed by atoms with Gasteiger partial charge in [-0.05, 0) is 54.5 Å². The number of hydrogen-bond acceptors (Lipinski definition) is 4. The van der Waals surface area contributed by atoms with Gasteiger partial charge in [0.05, 0.1) is 12.0 Å². The van der Waals surface area contributed by atoms with Crippen LogP contribution in [-0.4, -0.2) is 29.6 Å². The van der Waals surface area contributed by atoms with Crippen molar-refractivity contribution in [3.63, 3.8) is 0 Å². The average molecular weight is 529 g/mol. The highest BCUT2D eigenvalue weighted by Gasteiger charge is 2.70. The number of carbonyl (C=O) groups is 3. The summed E-state index contributed by atoms with van der Waals surface area (Å²) in [5.74, 6) is -2.50.